The quantitative estimate of drug-likeness (QED) is 0.671. The molecule has 0 aliphatic heterocycles. The minimum Gasteiger partial charge on any atom is -0.194 e. The molecule has 0 radical (unpaired) electrons. The van der Waals surface area contributed by atoms with Crippen molar-refractivity contribution in [3.8, 4) is 0 Å². The third kappa shape index (κ3) is 2.07. The number of pyridine rings is 1. The Morgan fingerprint density at radius 2 is 1.80 bits per heavy atom. The fraction of sp³-hybridized carbons (Fsp3) is 0.316. The number of hydrogen-bond acceptors (Lipinski definition) is 0. The first kappa shape index (κ1) is 13.1. The molecule has 0 saturated heterocycles. The van der Waals surface area contributed by atoms with E-state index in [1.807, 2.05) is 0 Å². The van der Waals surface area contributed by atoms with Gasteiger partial charge in [0.25, 0.3) is 0 Å². The van der Waals surface area contributed by atoms with Crippen LogP contribution in [-0.2, 0) is 7.05 Å². The number of allylic oxidation sites excluding steroid dienone is 4. The van der Waals surface area contributed by atoms with Gasteiger partial charge in [0, 0.05) is 23.1 Å². The van der Waals surface area contributed by atoms with Crippen molar-refractivity contribution < 1.29 is 4.57 Å². The molecule has 1 aromatic heterocycles. The molecule has 0 bridgehead atoms. The Bertz CT molecular complexity index is 735. The number of benzene rings is 1. The minimum atomic E-state index is 0.625. The van der Waals surface area contributed by atoms with Crippen LogP contribution in [0.2, 0.25) is 0 Å². The van der Waals surface area contributed by atoms with E-state index in [0.717, 1.165) is 0 Å². The van der Waals surface area contributed by atoms with Gasteiger partial charge in [-0.25, -0.2) is 0 Å². The second kappa shape index (κ2) is 4.90. The first-order chi connectivity index (χ1) is 9.58. The summed E-state index contributed by atoms with van der Waals surface area (Å²) in [6.45, 7) is 6.82. The summed E-state index contributed by atoms with van der Waals surface area (Å²) in [6.07, 6.45) is 3.61. The van der Waals surface area contributed by atoms with Crippen LogP contribution in [0.3, 0.4) is 0 Å². The van der Waals surface area contributed by atoms with E-state index >= 15 is 0 Å². The van der Waals surface area contributed by atoms with E-state index in [-0.39, 0.29) is 0 Å². The molecule has 1 heteroatoms. The second-order valence-corrected chi connectivity index (χ2v) is 6.00. The molecule has 1 aromatic carbocycles. The Morgan fingerprint density at radius 3 is 2.60 bits per heavy atom. The summed E-state index contributed by atoms with van der Waals surface area (Å²) in [5, 5.41) is 1.29. The number of hydrogen-bond donors (Lipinski definition) is 0. The summed E-state index contributed by atoms with van der Waals surface area (Å²) in [4.78, 5) is 0. The van der Waals surface area contributed by atoms with Gasteiger partial charge in [-0.05, 0) is 43.9 Å². The smallest absolute Gasteiger partial charge is 0.194 e. The molecule has 0 saturated carbocycles. The number of para-hydroxylation sites is 1. The van der Waals surface area contributed by atoms with Crippen molar-refractivity contribution in [3.63, 3.8) is 0 Å². The maximum absolute atomic E-state index is 2.42. The van der Waals surface area contributed by atoms with Crippen molar-refractivity contribution in [2.75, 3.05) is 0 Å². The van der Waals surface area contributed by atoms with E-state index in [2.05, 4.69) is 74.9 Å². The molecular weight excluding hydrogens is 242 g/mol. The van der Waals surface area contributed by atoms with E-state index < -0.39 is 0 Å². The molecule has 1 heterocycles. The summed E-state index contributed by atoms with van der Waals surface area (Å²) in [5.41, 5.74) is 6.95. The predicted octanol–water partition coefficient (Wildman–Crippen LogP) is 4.42. The summed E-state index contributed by atoms with van der Waals surface area (Å²) in [6, 6.07) is 13.1. The summed E-state index contributed by atoms with van der Waals surface area (Å²) in [7, 11) is 2.17. The number of rotatable bonds is 1. The molecule has 1 atom stereocenters. The lowest BCUT2D eigenvalue weighted by Gasteiger charge is -2.20. The van der Waals surface area contributed by atoms with Crippen LogP contribution in [0.25, 0.3) is 16.5 Å². The van der Waals surface area contributed by atoms with E-state index in [4.69, 9.17) is 0 Å². The normalized spacial score (nSPS) is 19.4. The second-order valence-electron chi connectivity index (χ2n) is 6.00. The third-order valence-corrected chi connectivity index (χ3v) is 4.48. The van der Waals surface area contributed by atoms with Crippen molar-refractivity contribution in [1.82, 2.24) is 0 Å². The molecule has 1 unspecified atom stereocenters. The summed E-state index contributed by atoms with van der Waals surface area (Å²) < 4.78 is 2.32. The van der Waals surface area contributed by atoms with E-state index in [0.29, 0.717) is 5.92 Å². The first-order valence-electron chi connectivity index (χ1n) is 7.34. The van der Waals surface area contributed by atoms with Crippen LogP contribution in [0, 0.1) is 5.92 Å². The Morgan fingerprint density at radius 1 is 1.05 bits per heavy atom. The number of aryl methyl sites for hydroxylation is 1. The molecule has 20 heavy (non-hydrogen) atoms. The van der Waals surface area contributed by atoms with E-state index in [1.54, 1.807) is 0 Å². The van der Waals surface area contributed by atoms with Gasteiger partial charge in [0.1, 0.15) is 7.05 Å². The van der Waals surface area contributed by atoms with Crippen molar-refractivity contribution >= 4 is 16.5 Å². The molecule has 102 valence electrons. The van der Waals surface area contributed by atoms with Crippen LogP contribution < -0.4 is 4.57 Å². The lowest BCUT2D eigenvalue weighted by molar-refractivity contribution is -0.647. The lowest BCUT2D eigenvalue weighted by Crippen LogP contribution is -2.34. The third-order valence-electron chi connectivity index (χ3n) is 4.48. The molecule has 0 spiro atoms. The zero-order valence-electron chi connectivity index (χ0n) is 12.8. The number of nitrogens with zero attached hydrogens (tertiary/aromatic N) is 1. The predicted molar refractivity (Wildman–Crippen MR) is 85.3 cm³/mol. The maximum atomic E-state index is 2.42. The van der Waals surface area contributed by atoms with Gasteiger partial charge in [0.15, 0.2) is 0 Å². The van der Waals surface area contributed by atoms with Crippen molar-refractivity contribution in [3.05, 3.63) is 59.3 Å². The summed E-state index contributed by atoms with van der Waals surface area (Å²) >= 11 is 0. The van der Waals surface area contributed by atoms with Crippen LogP contribution in [-0.4, -0.2) is 0 Å². The van der Waals surface area contributed by atoms with Crippen molar-refractivity contribution in [1.29, 1.82) is 0 Å². The van der Waals surface area contributed by atoms with Crippen LogP contribution in [0.1, 0.15) is 32.9 Å². The molecule has 1 aliphatic carbocycles. The molecule has 1 aliphatic rings. The zero-order chi connectivity index (χ0) is 14.3. The Kier molecular flexibility index (Phi) is 3.21. The van der Waals surface area contributed by atoms with Crippen LogP contribution in [0.15, 0.2) is 53.6 Å². The van der Waals surface area contributed by atoms with Gasteiger partial charge in [0.2, 0.25) is 11.2 Å². The highest BCUT2D eigenvalue weighted by atomic mass is 14.9. The fourth-order valence-corrected chi connectivity index (χ4v) is 3.23. The zero-order valence-corrected chi connectivity index (χ0v) is 12.8. The van der Waals surface area contributed by atoms with Gasteiger partial charge in [-0.15, -0.1) is 0 Å². The fourth-order valence-electron chi connectivity index (χ4n) is 3.23. The molecule has 1 nitrogen and oxygen atoms in total. The monoisotopic (exact) mass is 264 g/mol. The lowest BCUT2D eigenvalue weighted by atomic mass is 9.85. The van der Waals surface area contributed by atoms with Crippen LogP contribution >= 0.6 is 0 Å². The molecule has 3 rings (SSSR count). The van der Waals surface area contributed by atoms with Gasteiger partial charge in [-0.1, -0.05) is 30.7 Å². The van der Waals surface area contributed by atoms with Gasteiger partial charge in [0.05, 0.1) is 0 Å². The summed E-state index contributed by atoms with van der Waals surface area (Å²) in [5.74, 6) is 0.625. The largest absolute Gasteiger partial charge is 0.212 e. The van der Waals surface area contributed by atoms with Crippen molar-refractivity contribution in [2.24, 2.45) is 13.0 Å². The SMILES string of the molecule is CC1=C(C)C(c2ccc3ccccc3[n+]2C)=CC(C)C1. The molecule has 0 amide bonds. The average molecular weight is 264 g/mol. The number of aromatic nitrogens is 1. The van der Waals surface area contributed by atoms with Crippen LogP contribution in [0.4, 0.5) is 0 Å². The Balaban J connectivity index is 2.22. The van der Waals surface area contributed by atoms with Crippen LogP contribution in [0.5, 0.6) is 0 Å². The van der Waals surface area contributed by atoms with Gasteiger partial charge < -0.3 is 0 Å². The van der Waals surface area contributed by atoms with Gasteiger partial charge in [-0.3, -0.25) is 0 Å². The van der Waals surface area contributed by atoms with Gasteiger partial charge >= 0.3 is 0 Å². The minimum absolute atomic E-state index is 0.625. The highest BCUT2D eigenvalue weighted by Gasteiger charge is 2.22. The molecule has 0 N–H and O–H groups in total. The number of fused-ring (bicyclic) bond motifs is 1. The highest BCUT2D eigenvalue weighted by molar-refractivity contribution is 5.81. The Hall–Kier alpha value is -1.89. The average Bonchev–Trinajstić information content (AvgIpc) is 2.44. The van der Waals surface area contributed by atoms with E-state index in [1.165, 1.54) is 39.7 Å². The van der Waals surface area contributed by atoms with Crippen molar-refractivity contribution in [2.45, 2.75) is 27.2 Å². The maximum Gasteiger partial charge on any atom is 0.212 e. The molecular formula is C19H22N+. The van der Waals surface area contributed by atoms with E-state index in [9.17, 15) is 0 Å². The molecule has 2 aromatic rings. The highest BCUT2D eigenvalue weighted by Crippen LogP contribution is 2.33. The topological polar surface area (TPSA) is 3.88 Å². The molecule has 0 fully saturated rings. The first-order valence-corrected chi connectivity index (χ1v) is 7.34. The standard InChI is InChI=1S/C19H22N/c1-13-11-14(2)15(3)17(12-13)19-10-9-16-7-5-6-8-18(16)20(19)4/h5-10,12-13H,11H2,1-4H3/q+1. The Labute approximate surface area is 121 Å². The van der Waals surface area contributed by atoms with Gasteiger partial charge in [-0.2, -0.15) is 4.57 Å².